The zero-order valence-corrected chi connectivity index (χ0v) is 28.2. The number of alkyl halides is 1. The smallest absolute Gasteiger partial charge is 0.338 e. The van der Waals surface area contributed by atoms with Crippen LogP contribution in [0.5, 0.6) is 11.5 Å². The molecule has 1 aliphatic heterocycles. The van der Waals surface area contributed by atoms with E-state index in [4.69, 9.17) is 32.7 Å². The second-order valence-corrected chi connectivity index (χ2v) is 12.9. The van der Waals surface area contributed by atoms with Gasteiger partial charge >= 0.3 is 5.97 Å². The molecule has 0 saturated heterocycles. The van der Waals surface area contributed by atoms with Crippen LogP contribution in [0.1, 0.15) is 72.8 Å². The summed E-state index contributed by atoms with van der Waals surface area (Å²) in [6.45, 7) is 4.35. The molecule has 5 aromatic rings. The highest BCUT2D eigenvalue weighted by Crippen LogP contribution is 2.34. The number of carbonyl (C=O) groups excluding carboxylic acids is 4. The molecule has 49 heavy (non-hydrogen) atoms. The van der Waals surface area contributed by atoms with Gasteiger partial charge in [-0.25, -0.2) is 9.69 Å². The minimum atomic E-state index is -1.15. The van der Waals surface area contributed by atoms with E-state index in [-0.39, 0.29) is 34.4 Å². The minimum absolute atomic E-state index is 0.0205. The molecule has 2 amide bonds. The van der Waals surface area contributed by atoms with Gasteiger partial charge in [0.2, 0.25) is 5.78 Å². The third-order valence-corrected chi connectivity index (χ3v) is 9.04. The van der Waals surface area contributed by atoms with E-state index in [2.05, 4.69) is 26.0 Å². The summed E-state index contributed by atoms with van der Waals surface area (Å²) in [7, 11) is 0. The molecule has 0 saturated carbocycles. The van der Waals surface area contributed by atoms with E-state index in [1.165, 1.54) is 35.9 Å². The number of halogens is 2. The van der Waals surface area contributed by atoms with Gasteiger partial charge < -0.3 is 9.47 Å². The monoisotopic (exact) mass is 691 g/mol. The van der Waals surface area contributed by atoms with Crippen LogP contribution in [0.15, 0.2) is 121 Å². The van der Waals surface area contributed by atoms with E-state index in [0.717, 1.165) is 10.5 Å². The first-order valence-electron chi connectivity index (χ1n) is 15.6. The fraction of sp³-hybridized carbons (Fsp3) is 0.150. The largest absolute Gasteiger partial charge is 0.457 e. The van der Waals surface area contributed by atoms with Gasteiger partial charge in [-0.05, 0) is 90.0 Å². The first kappa shape index (κ1) is 33.7. The van der Waals surface area contributed by atoms with Crippen LogP contribution in [0.4, 0.5) is 5.69 Å². The Morgan fingerprint density at radius 3 is 1.92 bits per heavy atom. The number of nitrogens with zero attached hydrogens (tertiary/aromatic N) is 1. The lowest BCUT2D eigenvalue weighted by Gasteiger charge is -2.26. The molecule has 0 bridgehead atoms. The Bertz CT molecular complexity index is 2030. The average molecular weight is 693 g/mol. The summed E-state index contributed by atoms with van der Waals surface area (Å²) in [5.41, 5.74) is 3.05. The molecule has 1 atom stereocenters. The Morgan fingerprint density at radius 1 is 0.714 bits per heavy atom. The van der Waals surface area contributed by atoms with Crippen LogP contribution in [0.2, 0.25) is 5.02 Å². The number of carbonyl (C=O) groups is 4. The molecule has 0 aromatic heterocycles. The Balaban J connectivity index is 1.13. The Hall–Kier alpha value is -5.24. The van der Waals surface area contributed by atoms with Crippen LogP contribution in [-0.2, 0) is 10.2 Å². The molecular weight excluding hydrogens is 661 g/mol. The number of imide groups is 1. The number of amides is 2. The van der Waals surface area contributed by atoms with Crippen LogP contribution in [-0.4, -0.2) is 35.6 Å². The number of ketones is 1. The van der Waals surface area contributed by atoms with Gasteiger partial charge in [-0.3, -0.25) is 14.4 Å². The number of fused-ring (bicyclic) bond motifs is 1. The van der Waals surface area contributed by atoms with Gasteiger partial charge in [-0.15, -0.1) is 11.6 Å². The average Bonchev–Trinajstić information content (AvgIpc) is 3.37. The zero-order valence-electron chi connectivity index (χ0n) is 26.7. The zero-order chi connectivity index (χ0) is 34.7. The van der Waals surface area contributed by atoms with Gasteiger partial charge in [0.05, 0.1) is 22.4 Å². The fourth-order valence-corrected chi connectivity index (χ4v) is 6.03. The van der Waals surface area contributed by atoms with Gasteiger partial charge in [-0.1, -0.05) is 67.9 Å². The molecule has 0 aliphatic carbocycles. The summed E-state index contributed by atoms with van der Waals surface area (Å²) in [4.78, 5) is 54.0. The number of ether oxygens (including phenoxy) is 2. The second kappa shape index (κ2) is 14.1. The van der Waals surface area contributed by atoms with Crippen molar-refractivity contribution >= 4 is 52.5 Å². The van der Waals surface area contributed by atoms with Gasteiger partial charge in [0.25, 0.3) is 11.8 Å². The molecule has 1 aliphatic rings. The minimum Gasteiger partial charge on any atom is -0.457 e. The molecule has 5 aromatic carbocycles. The number of hydrogen-bond acceptors (Lipinski definition) is 6. The van der Waals surface area contributed by atoms with E-state index in [0.29, 0.717) is 27.8 Å². The highest BCUT2D eigenvalue weighted by molar-refractivity contribution is 6.34. The Morgan fingerprint density at radius 2 is 1.29 bits per heavy atom. The van der Waals surface area contributed by atoms with Crippen molar-refractivity contribution in [3.05, 3.63) is 160 Å². The van der Waals surface area contributed by atoms with E-state index in [9.17, 15) is 19.2 Å². The number of esters is 1. The fourth-order valence-electron chi connectivity index (χ4n) is 5.70. The molecule has 1 heterocycles. The summed E-state index contributed by atoms with van der Waals surface area (Å²) >= 11 is 11.8. The number of benzene rings is 5. The van der Waals surface area contributed by atoms with Crippen LogP contribution < -0.4 is 9.64 Å². The van der Waals surface area contributed by atoms with Crippen molar-refractivity contribution in [3.63, 3.8) is 0 Å². The van der Waals surface area contributed by atoms with Crippen LogP contribution in [0, 0.1) is 0 Å². The van der Waals surface area contributed by atoms with E-state index in [1.807, 2.05) is 42.5 Å². The van der Waals surface area contributed by atoms with Crippen molar-refractivity contribution in [1.82, 2.24) is 0 Å². The van der Waals surface area contributed by atoms with Gasteiger partial charge in [-0.2, -0.15) is 0 Å². The van der Waals surface area contributed by atoms with Crippen molar-refractivity contribution in [2.45, 2.75) is 31.8 Å². The number of anilines is 1. The summed E-state index contributed by atoms with van der Waals surface area (Å²) in [5, 5.41) is 0.461. The molecule has 0 N–H and O–H groups in total. The van der Waals surface area contributed by atoms with E-state index in [1.54, 1.807) is 36.4 Å². The van der Waals surface area contributed by atoms with Crippen LogP contribution in [0.3, 0.4) is 0 Å². The van der Waals surface area contributed by atoms with Crippen LogP contribution in [0.25, 0.3) is 0 Å². The first-order chi connectivity index (χ1) is 23.6. The summed E-state index contributed by atoms with van der Waals surface area (Å²) in [6.07, 6.45) is -1.06. The lowest BCUT2D eigenvalue weighted by molar-refractivity contribution is 0.0278. The number of hydrogen-bond donors (Lipinski definition) is 0. The van der Waals surface area contributed by atoms with Crippen molar-refractivity contribution in [3.8, 4) is 11.5 Å². The van der Waals surface area contributed by atoms with Gasteiger partial charge in [0.1, 0.15) is 11.5 Å². The van der Waals surface area contributed by atoms with Crippen molar-refractivity contribution in [1.29, 1.82) is 0 Å². The highest BCUT2D eigenvalue weighted by atomic mass is 35.5. The van der Waals surface area contributed by atoms with Crippen molar-refractivity contribution < 1.29 is 28.7 Å². The van der Waals surface area contributed by atoms with E-state index >= 15 is 0 Å². The Labute approximate surface area is 294 Å². The molecule has 0 radical (unpaired) electrons. The topological polar surface area (TPSA) is 90.0 Å². The number of Topliss-reactive ketones (excluding diaryl/α,β-unsaturated/α-hetero) is 1. The maximum absolute atomic E-state index is 13.5. The standard InChI is InChI=1S/C40H31Cl2NO6/c1-40(2,27-6-4-3-5-7-27)28-11-17-31(18-12-28)48-32-19-15-30(16-20-32)43-37(45)33-21-10-26(24-34(33)38(43)46)39(47)49-35(22-23-41)36(44)25-8-13-29(42)14-9-25/h3-21,24,35H,22-23H2,1-2H3. The molecular formula is C40H31Cl2NO6. The molecule has 6 rings (SSSR count). The van der Waals surface area contributed by atoms with E-state index < -0.39 is 29.7 Å². The van der Waals surface area contributed by atoms with Crippen molar-refractivity contribution in [2.75, 3.05) is 10.8 Å². The lowest BCUT2D eigenvalue weighted by Crippen LogP contribution is -2.29. The quantitative estimate of drug-likeness (QED) is 0.0594. The number of rotatable bonds is 11. The van der Waals surface area contributed by atoms with Crippen LogP contribution >= 0.6 is 23.2 Å². The maximum atomic E-state index is 13.5. The normalized spacial score (nSPS) is 13.2. The molecule has 9 heteroatoms. The second-order valence-electron chi connectivity index (χ2n) is 12.1. The lowest BCUT2D eigenvalue weighted by atomic mass is 9.78. The summed E-state index contributed by atoms with van der Waals surface area (Å²) in [5.74, 6) is -1.12. The van der Waals surface area contributed by atoms with Gasteiger partial charge in [0, 0.05) is 28.3 Å². The summed E-state index contributed by atoms with van der Waals surface area (Å²) < 4.78 is 11.6. The van der Waals surface area contributed by atoms with Crippen molar-refractivity contribution in [2.24, 2.45) is 0 Å². The Kier molecular flexibility index (Phi) is 9.67. The predicted molar refractivity (Wildman–Crippen MR) is 189 cm³/mol. The third kappa shape index (κ3) is 7.00. The summed E-state index contributed by atoms with van der Waals surface area (Å²) in [6, 6.07) is 35.1. The molecule has 0 fully saturated rings. The predicted octanol–water partition coefficient (Wildman–Crippen LogP) is 9.30. The maximum Gasteiger partial charge on any atom is 0.338 e. The molecule has 246 valence electrons. The third-order valence-electron chi connectivity index (χ3n) is 8.57. The molecule has 7 nitrogen and oxygen atoms in total. The highest BCUT2D eigenvalue weighted by Gasteiger charge is 2.37. The molecule has 1 unspecified atom stereocenters. The van der Waals surface area contributed by atoms with Gasteiger partial charge in [0.15, 0.2) is 6.10 Å². The first-order valence-corrected chi connectivity index (χ1v) is 16.5. The SMILES string of the molecule is CC(C)(c1ccccc1)c1ccc(Oc2ccc(N3C(=O)c4ccc(C(=O)OC(CCCl)C(=O)c5ccc(Cl)cc5)cc4C3=O)cc2)cc1. The molecule has 0 spiro atoms.